The third kappa shape index (κ3) is 1.12. The Morgan fingerprint density at radius 3 is 2.40 bits per heavy atom. The summed E-state index contributed by atoms with van der Waals surface area (Å²) in [6.07, 6.45) is -3.35. The normalized spacial score (nSPS) is 12.0. The lowest BCUT2D eigenvalue weighted by Gasteiger charge is -2.04. The molecule has 0 saturated heterocycles. The Hall–Kier alpha value is -1.00. The highest BCUT2D eigenvalue weighted by molar-refractivity contribution is 5.01. The van der Waals surface area contributed by atoms with Gasteiger partial charge in [0.05, 0.1) is 6.20 Å². The number of alkyl halides is 3. The number of aryl methyl sites for hydroxylation is 1. The minimum absolute atomic E-state index is 0.736. The van der Waals surface area contributed by atoms with Crippen LogP contribution in [0.2, 0.25) is 0 Å². The van der Waals surface area contributed by atoms with Gasteiger partial charge >= 0.3 is 6.18 Å². The summed E-state index contributed by atoms with van der Waals surface area (Å²) < 4.78 is 36.1. The Bertz CT molecular complexity index is 225. The van der Waals surface area contributed by atoms with Crippen molar-refractivity contribution >= 4 is 0 Å². The molecule has 0 atom stereocenters. The number of hydrogen-bond donors (Lipinski definition) is 0. The van der Waals surface area contributed by atoms with Gasteiger partial charge in [0, 0.05) is 13.1 Å². The van der Waals surface area contributed by atoms with Crippen molar-refractivity contribution in [3.8, 4) is 0 Å². The molecule has 0 amide bonds. The lowest BCUT2D eigenvalue weighted by molar-refractivity contribution is -0.143. The summed E-state index contributed by atoms with van der Waals surface area (Å²) in [5, 5.41) is 3.32. The Balaban J connectivity index is 3.05. The van der Waals surface area contributed by atoms with Gasteiger partial charge in [-0.3, -0.25) is 4.68 Å². The molecule has 0 bridgehead atoms. The lowest BCUT2D eigenvalue weighted by Crippen LogP contribution is -2.11. The van der Waals surface area contributed by atoms with E-state index in [1.807, 2.05) is 6.07 Å². The summed E-state index contributed by atoms with van der Waals surface area (Å²) in [7, 11) is 1.22. The van der Waals surface area contributed by atoms with Crippen LogP contribution in [-0.4, -0.2) is 9.78 Å². The topological polar surface area (TPSA) is 17.8 Å². The Morgan fingerprint density at radius 1 is 1.60 bits per heavy atom. The fraction of sp³-hybridized carbons (Fsp3) is 0.400. The molecule has 0 aromatic carbocycles. The van der Waals surface area contributed by atoms with Gasteiger partial charge in [-0.1, -0.05) is 0 Å². The van der Waals surface area contributed by atoms with E-state index < -0.39 is 11.9 Å². The number of rotatable bonds is 0. The van der Waals surface area contributed by atoms with Crippen LogP contribution in [-0.2, 0) is 13.2 Å². The molecule has 2 nitrogen and oxygen atoms in total. The highest BCUT2D eigenvalue weighted by Gasteiger charge is 2.33. The minimum Gasteiger partial charge on any atom is -0.263 e. The van der Waals surface area contributed by atoms with Crippen LogP contribution in [0.3, 0.4) is 0 Å². The molecule has 0 aliphatic carbocycles. The number of nitrogens with zero attached hydrogens (tertiary/aromatic N) is 2. The molecule has 55 valence electrons. The van der Waals surface area contributed by atoms with Crippen LogP contribution >= 0.6 is 0 Å². The highest BCUT2D eigenvalue weighted by Crippen LogP contribution is 2.27. The predicted octanol–water partition coefficient (Wildman–Crippen LogP) is 1.24. The van der Waals surface area contributed by atoms with Crippen molar-refractivity contribution in [1.29, 1.82) is 0 Å². The van der Waals surface area contributed by atoms with Gasteiger partial charge in [-0.15, -0.1) is 0 Å². The van der Waals surface area contributed by atoms with Crippen LogP contribution in [0.25, 0.3) is 0 Å². The fourth-order valence-corrected chi connectivity index (χ4v) is 0.593. The van der Waals surface area contributed by atoms with Gasteiger partial charge in [0.25, 0.3) is 0 Å². The highest BCUT2D eigenvalue weighted by atomic mass is 19.4. The Morgan fingerprint density at radius 2 is 2.20 bits per heavy atom. The first kappa shape index (κ1) is 7.11. The van der Waals surface area contributed by atoms with Crippen LogP contribution in [0.1, 0.15) is 5.69 Å². The Kier molecular flexibility index (Phi) is 1.42. The van der Waals surface area contributed by atoms with E-state index in [0.717, 1.165) is 10.9 Å². The first-order chi connectivity index (χ1) is 4.52. The second-order valence-corrected chi connectivity index (χ2v) is 1.76. The number of hydrogen-bond acceptors (Lipinski definition) is 1. The molecule has 1 aromatic heterocycles. The second kappa shape index (κ2) is 2.00. The van der Waals surface area contributed by atoms with Gasteiger partial charge in [-0.2, -0.15) is 18.3 Å². The average Bonchev–Trinajstić information content (AvgIpc) is 2.11. The number of aromatic nitrogens is 2. The van der Waals surface area contributed by atoms with Gasteiger partial charge in [-0.05, 0) is 0 Å². The van der Waals surface area contributed by atoms with E-state index in [0.29, 0.717) is 0 Å². The molecule has 0 aliphatic rings. The van der Waals surface area contributed by atoms with Crippen molar-refractivity contribution in [3.63, 3.8) is 0 Å². The summed E-state index contributed by atoms with van der Waals surface area (Å²) >= 11 is 0. The first-order valence-corrected chi connectivity index (χ1v) is 2.48. The maximum atomic E-state index is 11.8. The second-order valence-electron chi connectivity index (χ2n) is 1.76. The van der Waals surface area contributed by atoms with E-state index in [4.69, 9.17) is 0 Å². The summed E-state index contributed by atoms with van der Waals surface area (Å²) in [5.74, 6) is 0. The van der Waals surface area contributed by atoms with Crippen LogP contribution in [0, 0.1) is 6.07 Å². The molecule has 1 radical (unpaired) electrons. The zero-order chi connectivity index (χ0) is 7.78. The van der Waals surface area contributed by atoms with Crippen molar-refractivity contribution in [1.82, 2.24) is 9.78 Å². The van der Waals surface area contributed by atoms with Gasteiger partial charge in [0.2, 0.25) is 0 Å². The van der Waals surface area contributed by atoms with E-state index in [2.05, 4.69) is 5.10 Å². The molecule has 0 unspecified atom stereocenters. The molecule has 10 heavy (non-hydrogen) atoms. The molecule has 0 spiro atoms. The van der Waals surface area contributed by atoms with Gasteiger partial charge in [-0.25, -0.2) is 0 Å². The molecular formula is C5H4F3N2. The maximum Gasteiger partial charge on any atom is 0.433 e. The van der Waals surface area contributed by atoms with Crippen molar-refractivity contribution in [2.75, 3.05) is 0 Å². The molecule has 0 fully saturated rings. The molecule has 1 heterocycles. The molecule has 0 saturated carbocycles. The Labute approximate surface area is 55.3 Å². The van der Waals surface area contributed by atoms with Crippen molar-refractivity contribution in [2.45, 2.75) is 6.18 Å². The lowest BCUT2D eigenvalue weighted by atomic mass is 10.4. The van der Waals surface area contributed by atoms with Crippen LogP contribution in [0.5, 0.6) is 0 Å². The molecule has 5 heteroatoms. The zero-order valence-corrected chi connectivity index (χ0v) is 5.11. The standard InChI is InChI=1S/C5H4F3N2/c1-10-4(2-3-9-10)5(6,7)8/h3H,1H3. The minimum atomic E-state index is -4.34. The molecule has 1 rings (SSSR count). The summed E-state index contributed by atoms with van der Waals surface area (Å²) in [4.78, 5) is 0. The van der Waals surface area contributed by atoms with E-state index in [9.17, 15) is 13.2 Å². The van der Waals surface area contributed by atoms with Gasteiger partial charge in [0.15, 0.2) is 0 Å². The maximum absolute atomic E-state index is 11.8. The van der Waals surface area contributed by atoms with Crippen LogP contribution < -0.4 is 0 Å². The van der Waals surface area contributed by atoms with Crippen molar-refractivity contribution < 1.29 is 13.2 Å². The molecule has 1 aromatic rings. The monoisotopic (exact) mass is 149 g/mol. The largest absolute Gasteiger partial charge is 0.433 e. The average molecular weight is 149 g/mol. The van der Waals surface area contributed by atoms with E-state index in [1.54, 1.807) is 0 Å². The smallest absolute Gasteiger partial charge is 0.263 e. The number of halogens is 3. The molecular weight excluding hydrogens is 145 g/mol. The summed E-state index contributed by atoms with van der Waals surface area (Å²) in [6, 6.07) is 1.97. The summed E-state index contributed by atoms with van der Waals surface area (Å²) in [6.45, 7) is 0. The molecule has 0 N–H and O–H groups in total. The predicted molar refractivity (Wildman–Crippen MR) is 27.0 cm³/mol. The van der Waals surface area contributed by atoms with E-state index in [-0.39, 0.29) is 0 Å². The van der Waals surface area contributed by atoms with E-state index >= 15 is 0 Å². The third-order valence-corrected chi connectivity index (χ3v) is 1.02. The van der Waals surface area contributed by atoms with Gasteiger partial charge < -0.3 is 0 Å². The first-order valence-electron chi connectivity index (χ1n) is 2.48. The van der Waals surface area contributed by atoms with Crippen molar-refractivity contribution in [3.05, 3.63) is 18.0 Å². The SMILES string of the molecule is Cn1nc[c]c1C(F)(F)F. The fourth-order valence-electron chi connectivity index (χ4n) is 0.593. The molecule has 0 aliphatic heterocycles. The quantitative estimate of drug-likeness (QED) is 0.542. The third-order valence-electron chi connectivity index (χ3n) is 1.02. The summed E-state index contributed by atoms with van der Waals surface area (Å²) in [5.41, 5.74) is -0.854. The zero-order valence-electron chi connectivity index (χ0n) is 5.11. The van der Waals surface area contributed by atoms with Gasteiger partial charge in [0.1, 0.15) is 5.69 Å². The van der Waals surface area contributed by atoms with Crippen LogP contribution in [0.4, 0.5) is 13.2 Å². The van der Waals surface area contributed by atoms with Crippen LogP contribution in [0.15, 0.2) is 6.20 Å². The van der Waals surface area contributed by atoms with E-state index in [1.165, 1.54) is 7.05 Å². The van der Waals surface area contributed by atoms with Crippen molar-refractivity contribution in [2.24, 2.45) is 7.05 Å².